The molecule has 2 aromatic rings. The number of benzene rings is 1. The van der Waals surface area contributed by atoms with E-state index in [0.717, 1.165) is 22.7 Å². The molecule has 1 aromatic heterocycles. The third kappa shape index (κ3) is 3.98. The van der Waals surface area contributed by atoms with Crippen molar-refractivity contribution in [2.24, 2.45) is 0 Å². The number of carbonyl (C=O) groups is 1. The van der Waals surface area contributed by atoms with Gasteiger partial charge in [0.05, 0.1) is 12.3 Å². The summed E-state index contributed by atoms with van der Waals surface area (Å²) < 4.78 is 0. The SMILES string of the molecule is CCCN(CCO)C(=O)c1sc(-c2ccc(C)cc2C)nc1C. The molecule has 1 N–H and O–H groups in total. The molecule has 0 bridgehead atoms. The molecule has 1 amide bonds. The summed E-state index contributed by atoms with van der Waals surface area (Å²) >= 11 is 1.44. The van der Waals surface area contributed by atoms with Crippen molar-refractivity contribution in [3.63, 3.8) is 0 Å². The minimum Gasteiger partial charge on any atom is -0.395 e. The molecular weight excluding hydrogens is 308 g/mol. The van der Waals surface area contributed by atoms with Crippen molar-refractivity contribution in [1.29, 1.82) is 0 Å². The molecule has 0 saturated carbocycles. The summed E-state index contributed by atoms with van der Waals surface area (Å²) in [5.74, 6) is -0.0353. The molecule has 0 aliphatic heterocycles. The van der Waals surface area contributed by atoms with Crippen molar-refractivity contribution in [2.45, 2.75) is 34.1 Å². The number of hydrogen-bond acceptors (Lipinski definition) is 4. The number of aliphatic hydroxyl groups excluding tert-OH is 1. The fourth-order valence-electron chi connectivity index (χ4n) is 2.61. The van der Waals surface area contributed by atoms with E-state index in [1.165, 1.54) is 22.5 Å². The van der Waals surface area contributed by atoms with Gasteiger partial charge in [0.1, 0.15) is 9.88 Å². The van der Waals surface area contributed by atoms with Crippen molar-refractivity contribution >= 4 is 17.2 Å². The fraction of sp³-hybridized carbons (Fsp3) is 0.444. The second-order valence-electron chi connectivity index (χ2n) is 5.77. The number of aryl methyl sites for hydroxylation is 3. The molecule has 0 aliphatic rings. The number of hydrogen-bond donors (Lipinski definition) is 1. The van der Waals surface area contributed by atoms with Crippen LogP contribution in [0, 0.1) is 20.8 Å². The zero-order chi connectivity index (χ0) is 17.0. The third-order valence-corrected chi connectivity index (χ3v) is 4.93. The Morgan fingerprint density at radius 3 is 2.61 bits per heavy atom. The molecule has 0 saturated heterocycles. The number of aliphatic hydroxyl groups is 1. The average Bonchev–Trinajstić information content (AvgIpc) is 2.88. The maximum absolute atomic E-state index is 12.7. The van der Waals surface area contributed by atoms with Crippen LogP contribution in [0.25, 0.3) is 10.6 Å². The topological polar surface area (TPSA) is 53.4 Å². The lowest BCUT2D eigenvalue weighted by Crippen LogP contribution is -2.34. The molecule has 1 aromatic carbocycles. The summed E-state index contributed by atoms with van der Waals surface area (Å²) in [6.07, 6.45) is 0.869. The zero-order valence-electron chi connectivity index (χ0n) is 14.2. The van der Waals surface area contributed by atoms with Gasteiger partial charge in [0, 0.05) is 18.7 Å². The van der Waals surface area contributed by atoms with E-state index in [1.807, 2.05) is 13.8 Å². The first-order chi connectivity index (χ1) is 11.0. The van der Waals surface area contributed by atoms with Gasteiger partial charge in [0.15, 0.2) is 0 Å². The van der Waals surface area contributed by atoms with Crippen LogP contribution >= 0.6 is 11.3 Å². The van der Waals surface area contributed by atoms with E-state index in [-0.39, 0.29) is 12.5 Å². The molecule has 0 atom stereocenters. The summed E-state index contributed by atoms with van der Waals surface area (Å²) in [6, 6.07) is 6.26. The highest BCUT2D eigenvalue weighted by molar-refractivity contribution is 7.17. The van der Waals surface area contributed by atoms with Crippen LogP contribution < -0.4 is 0 Å². The maximum Gasteiger partial charge on any atom is 0.265 e. The molecule has 124 valence electrons. The van der Waals surface area contributed by atoms with E-state index < -0.39 is 0 Å². The second-order valence-corrected chi connectivity index (χ2v) is 6.77. The first kappa shape index (κ1) is 17.6. The van der Waals surface area contributed by atoms with Crippen LogP contribution in [0.1, 0.15) is 39.8 Å². The highest BCUT2D eigenvalue weighted by atomic mass is 32.1. The molecule has 0 spiro atoms. The summed E-state index contributed by atoms with van der Waals surface area (Å²) in [5.41, 5.74) is 4.22. The van der Waals surface area contributed by atoms with Gasteiger partial charge >= 0.3 is 0 Å². The van der Waals surface area contributed by atoms with E-state index in [4.69, 9.17) is 5.11 Å². The predicted molar refractivity (Wildman–Crippen MR) is 95.0 cm³/mol. The Kier molecular flexibility index (Phi) is 5.91. The van der Waals surface area contributed by atoms with Gasteiger partial charge in [-0.15, -0.1) is 11.3 Å². The average molecular weight is 332 g/mol. The van der Waals surface area contributed by atoms with Gasteiger partial charge in [0.25, 0.3) is 5.91 Å². The Balaban J connectivity index is 2.35. The number of aromatic nitrogens is 1. The van der Waals surface area contributed by atoms with Crippen LogP contribution in [0.2, 0.25) is 0 Å². The Hall–Kier alpha value is -1.72. The van der Waals surface area contributed by atoms with E-state index in [9.17, 15) is 4.79 Å². The van der Waals surface area contributed by atoms with Crippen molar-refractivity contribution in [2.75, 3.05) is 19.7 Å². The Bertz CT molecular complexity index is 688. The third-order valence-electron chi connectivity index (χ3n) is 3.75. The molecule has 4 nitrogen and oxygen atoms in total. The van der Waals surface area contributed by atoms with Gasteiger partial charge in [-0.25, -0.2) is 4.98 Å². The molecule has 0 unspecified atom stereocenters. The molecule has 2 rings (SSSR count). The van der Waals surface area contributed by atoms with E-state index >= 15 is 0 Å². The standard InChI is InChI=1S/C18H24N2O2S/c1-5-8-20(9-10-21)18(22)16-14(4)19-17(23-16)15-7-6-12(2)11-13(15)3/h6-7,11,21H,5,8-10H2,1-4H3. The molecule has 0 fully saturated rings. The Labute approximate surface area is 141 Å². The van der Waals surface area contributed by atoms with Gasteiger partial charge in [-0.1, -0.05) is 30.7 Å². The summed E-state index contributed by atoms with van der Waals surface area (Å²) in [7, 11) is 0. The number of thiazole rings is 1. The van der Waals surface area contributed by atoms with E-state index in [1.54, 1.807) is 4.90 Å². The minimum absolute atomic E-state index is 0.0203. The van der Waals surface area contributed by atoms with Crippen LogP contribution in [0.3, 0.4) is 0 Å². The number of rotatable bonds is 6. The fourth-order valence-corrected chi connectivity index (χ4v) is 3.74. The van der Waals surface area contributed by atoms with Crippen LogP contribution in [0.4, 0.5) is 0 Å². The Morgan fingerprint density at radius 2 is 2.00 bits per heavy atom. The molecule has 0 radical (unpaired) electrons. The van der Waals surface area contributed by atoms with Gasteiger partial charge in [-0.05, 0) is 32.8 Å². The number of amides is 1. The molecule has 5 heteroatoms. The number of nitrogens with zero attached hydrogens (tertiary/aromatic N) is 2. The summed E-state index contributed by atoms with van der Waals surface area (Å²) in [5, 5.41) is 10.0. The summed E-state index contributed by atoms with van der Waals surface area (Å²) in [4.78, 5) is 19.7. The minimum atomic E-state index is -0.0353. The van der Waals surface area contributed by atoms with Gasteiger partial charge < -0.3 is 10.0 Å². The van der Waals surface area contributed by atoms with Crippen molar-refractivity contribution < 1.29 is 9.90 Å². The lowest BCUT2D eigenvalue weighted by Gasteiger charge is -2.20. The molecule has 0 aliphatic carbocycles. The largest absolute Gasteiger partial charge is 0.395 e. The van der Waals surface area contributed by atoms with Crippen molar-refractivity contribution in [1.82, 2.24) is 9.88 Å². The zero-order valence-corrected chi connectivity index (χ0v) is 15.0. The highest BCUT2D eigenvalue weighted by Gasteiger charge is 2.21. The van der Waals surface area contributed by atoms with Crippen LogP contribution in [-0.4, -0.2) is 40.6 Å². The second kappa shape index (κ2) is 7.70. The Morgan fingerprint density at radius 1 is 1.26 bits per heavy atom. The normalized spacial score (nSPS) is 10.8. The van der Waals surface area contributed by atoms with Crippen LogP contribution in [0.5, 0.6) is 0 Å². The molecular formula is C18H24N2O2S. The van der Waals surface area contributed by atoms with Crippen molar-refractivity contribution in [3.05, 3.63) is 39.9 Å². The van der Waals surface area contributed by atoms with Crippen LogP contribution in [-0.2, 0) is 0 Å². The predicted octanol–water partition coefficient (Wildman–Crippen LogP) is 3.58. The molecule has 23 heavy (non-hydrogen) atoms. The van der Waals surface area contributed by atoms with Crippen molar-refractivity contribution in [3.8, 4) is 10.6 Å². The van der Waals surface area contributed by atoms with Gasteiger partial charge in [-0.2, -0.15) is 0 Å². The maximum atomic E-state index is 12.7. The first-order valence-electron chi connectivity index (χ1n) is 7.93. The lowest BCUT2D eigenvalue weighted by molar-refractivity contribution is 0.0726. The van der Waals surface area contributed by atoms with E-state index in [2.05, 4.69) is 37.0 Å². The quantitative estimate of drug-likeness (QED) is 0.879. The van der Waals surface area contributed by atoms with Gasteiger partial charge in [0.2, 0.25) is 0 Å². The van der Waals surface area contributed by atoms with Gasteiger partial charge in [-0.3, -0.25) is 4.79 Å². The van der Waals surface area contributed by atoms with Crippen LogP contribution in [0.15, 0.2) is 18.2 Å². The monoisotopic (exact) mass is 332 g/mol. The molecule has 1 heterocycles. The highest BCUT2D eigenvalue weighted by Crippen LogP contribution is 2.31. The lowest BCUT2D eigenvalue weighted by atomic mass is 10.1. The number of carbonyl (C=O) groups excluding carboxylic acids is 1. The van der Waals surface area contributed by atoms with E-state index in [0.29, 0.717) is 18.0 Å². The smallest absolute Gasteiger partial charge is 0.265 e. The first-order valence-corrected chi connectivity index (χ1v) is 8.74. The summed E-state index contributed by atoms with van der Waals surface area (Å²) in [6.45, 7) is 9.02.